The van der Waals surface area contributed by atoms with Crippen LogP contribution in [0.5, 0.6) is 0 Å². The summed E-state index contributed by atoms with van der Waals surface area (Å²) in [5.74, 6) is -0.00429. The van der Waals surface area contributed by atoms with E-state index in [2.05, 4.69) is 9.88 Å². The molecule has 0 saturated carbocycles. The normalized spacial score (nSPS) is 10.9. The van der Waals surface area contributed by atoms with Crippen molar-refractivity contribution in [3.05, 3.63) is 63.9 Å². The highest BCUT2D eigenvalue weighted by atomic mass is 35.5. The van der Waals surface area contributed by atoms with E-state index in [1.807, 2.05) is 25.2 Å². The number of rotatable bonds is 6. The minimum atomic E-state index is -0.00429. The maximum atomic E-state index is 12.2. The van der Waals surface area contributed by atoms with Crippen LogP contribution in [0.15, 0.2) is 42.6 Å². The predicted molar refractivity (Wildman–Crippen MR) is 86.0 cm³/mol. The van der Waals surface area contributed by atoms with Gasteiger partial charge in [0.05, 0.1) is 15.7 Å². The van der Waals surface area contributed by atoms with Crippen LogP contribution in [0.2, 0.25) is 10.0 Å². The van der Waals surface area contributed by atoms with Gasteiger partial charge in [0.15, 0.2) is 5.78 Å². The number of aromatic nitrogens is 1. The molecule has 0 aliphatic heterocycles. The Bertz CT molecular complexity index is 617. The van der Waals surface area contributed by atoms with Gasteiger partial charge in [-0.2, -0.15) is 0 Å². The number of hydrogen-bond donors (Lipinski definition) is 0. The summed E-state index contributed by atoms with van der Waals surface area (Å²) in [7, 11) is 1.96. The van der Waals surface area contributed by atoms with Crippen LogP contribution in [0, 0.1) is 0 Å². The molecule has 21 heavy (non-hydrogen) atoms. The zero-order valence-corrected chi connectivity index (χ0v) is 13.2. The molecule has 0 aliphatic carbocycles. The lowest BCUT2D eigenvalue weighted by Gasteiger charge is -2.15. The molecule has 1 aromatic heterocycles. The smallest absolute Gasteiger partial charge is 0.165 e. The quantitative estimate of drug-likeness (QED) is 0.751. The first-order chi connectivity index (χ1) is 10.1. The van der Waals surface area contributed by atoms with Gasteiger partial charge in [0.2, 0.25) is 0 Å². The molecule has 2 aromatic rings. The molecular formula is C16H16Cl2N2O. The number of hydrogen-bond acceptors (Lipinski definition) is 3. The second-order valence-corrected chi connectivity index (χ2v) is 5.62. The van der Waals surface area contributed by atoms with Crippen LogP contribution in [-0.2, 0) is 6.54 Å². The Balaban J connectivity index is 1.90. The minimum Gasteiger partial charge on any atom is -0.300 e. The first-order valence-corrected chi connectivity index (χ1v) is 7.39. The summed E-state index contributed by atoms with van der Waals surface area (Å²) < 4.78 is 0. The summed E-state index contributed by atoms with van der Waals surface area (Å²) in [6.45, 7) is 1.34. The molecule has 1 aromatic carbocycles. The number of benzene rings is 1. The van der Waals surface area contributed by atoms with E-state index < -0.39 is 0 Å². The van der Waals surface area contributed by atoms with Crippen molar-refractivity contribution >= 4 is 29.0 Å². The topological polar surface area (TPSA) is 33.2 Å². The number of ketones is 1. The van der Waals surface area contributed by atoms with Crippen molar-refractivity contribution in [2.75, 3.05) is 13.6 Å². The van der Waals surface area contributed by atoms with Gasteiger partial charge in [-0.1, -0.05) is 35.3 Å². The van der Waals surface area contributed by atoms with Crippen LogP contribution >= 0.6 is 23.2 Å². The van der Waals surface area contributed by atoms with Crippen LogP contribution in [-0.4, -0.2) is 29.3 Å². The van der Waals surface area contributed by atoms with Crippen molar-refractivity contribution in [2.45, 2.75) is 13.0 Å². The van der Waals surface area contributed by atoms with Crippen molar-refractivity contribution < 1.29 is 4.79 Å². The van der Waals surface area contributed by atoms with Gasteiger partial charge in [0.1, 0.15) is 0 Å². The molecule has 0 atom stereocenters. The van der Waals surface area contributed by atoms with Crippen molar-refractivity contribution in [1.82, 2.24) is 9.88 Å². The molecule has 0 amide bonds. The monoisotopic (exact) mass is 322 g/mol. The van der Waals surface area contributed by atoms with Gasteiger partial charge < -0.3 is 4.90 Å². The fourth-order valence-electron chi connectivity index (χ4n) is 1.99. The van der Waals surface area contributed by atoms with Gasteiger partial charge in [0, 0.05) is 31.3 Å². The summed E-state index contributed by atoms with van der Waals surface area (Å²) in [4.78, 5) is 18.5. The van der Waals surface area contributed by atoms with Crippen LogP contribution < -0.4 is 0 Å². The summed E-state index contributed by atoms with van der Waals surface area (Å²) in [6.07, 6.45) is 2.16. The molecule has 0 bridgehead atoms. The first-order valence-electron chi connectivity index (χ1n) is 6.63. The van der Waals surface area contributed by atoms with Gasteiger partial charge in [-0.15, -0.1) is 0 Å². The van der Waals surface area contributed by atoms with Crippen molar-refractivity contribution in [1.29, 1.82) is 0 Å². The second kappa shape index (κ2) is 7.55. The molecule has 0 spiro atoms. The highest BCUT2D eigenvalue weighted by Gasteiger charge is 2.13. The molecule has 0 fully saturated rings. The lowest BCUT2D eigenvalue weighted by atomic mass is 10.1. The highest BCUT2D eigenvalue weighted by Crippen LogP contribution is 2.26. The number of carbonyl (C=O) groups excluding carboxylic acids is 1. The van der Waals surface area contributed by atoms with Crippen molar-refractivity contribution in [3.63, 3.8) is 0 Å². The summed E-state index contributed by atoms with van der Waals surface area (Å²) in [5.41, 5.74) is 1.46. The maximum Gasteiger partial charge on any atom is 0.165 e. The predicted octanol–water partition coefficient (Wildman–Crippen LogP) is 4.09. The van der Waals surface area contributed by atoms with Crippen LogP contribution in [0.3, 0.4) is 0 Å². The van der Waals surface area contributed by atoms with Gasteiger partial charge in [-0.3, -0.25) is 9.78 Å². The fraction of sp³-hybridized carbons (Fsp3) is 0.250. The largest absolute Gasteiger partial charge is 0.300 e. The molecule has 5 heteroatoms. The van der Waals surface area contributed by atoms with Crippen molar-refractivity contribution in [3.8, 4) is 0 Å². The van der Waals surface area contributed by atoms with Gasteiger partial charge >= 0.3 is 0 Å². The van der Waals surface area contributed by atoms with Gasteiger partial charge in [0.25, 0.3) is 0 Å². The first kappa shape index (κ1) is 16.0. The molecule has 110 valence electrons. The molecule has 0 radical (unpaired) electrons. The van der Waals surface area contributed by atoms with E-state index >= 15 is 0 Å². The van der Waals surface area contributed by atoms with Gasteiger partial charge in [-0.05, 0) is 31.3 Å². The maximum absolute atomic E-state index is 12.2. The Morgan fingerprint density at radius 3 is 2.71 bits per heavy atom. The fourth-order valence-corrected chi connectivity index (χ4v) is 2.40. The van der Waals surface area contributed by atoms with Crippen LogP contribution in [0.4, 0.5) is 0 Å². The lowest BCUT2D eigenvalue weighted by Crippen LogP contribution is -2.22. The molecule has 0 aliphatic rings. The van der Waals surface area contributed by atoms with E-state index in [4.69, 9.17) is 23.2 Å². The number of pyridine rings is 1. The Morgan fingerprint density at radius 2 is 2.00 bits per heavy atom. The average molecular weight is 323 g/mol. The SMILES string of the molecule is CN(CCC(=O)c1cccc(Cl)c1Cl)Cc1ccccn1. The van der Waals surface area contributed by atoms with E-state index in [-0.39, 0.29) is 5.78 Å². The average Bonchev–Trinajstić information content (AvgIpc) is 2.48. The zero-order chi connectivity index (χ0) is 15.2. The van der Waals surface area contributed by atoms with E-state index in [9.17, 15) is 4.79 Å². The van der Waals surface area contributed by atoms with E-state index in [0.29, 0.717) is 35.1 Å². The molecule has 0 saturated heterocycles. The molecule has 2 rings (SSSR count). The molecular weight excluding hydrogens is 307 g/mol. The number of nitrogens with zero attached hydrogens (tertiary/aromatic N) is 2. The second-order valence-electron chi connectivity index (χ2n) is 4.83. The van der Waals surface area contributed by atoms with Gasteiger partial charge in [-0.25, -0.2) is 0 Å². The molecule has 3 nitrogen and oxygen atoms in total. The third-order valence-electron chi connectivity index (χ3n) is 3.13. The summed E-state index contributed by atoms with van der Waals surface area (Å²) in [5, 5.41) is 0.737. The van der Waals surface area contributed by atoms with E-state index in [0.717, 1.165) is 5.69 Å². The van der Waals surface area contributed by atoms with Crippen LogP contribution in [0.25, 0.3) is 0 Å². The summed E-state index contributed by atoms with van der Waals surface area (Å²) in [6, 6.07) is 10.9. The van der Waals surface area contributed by atoms with E-state index in [1.54, 1.807) is 24.4 Å². The van der Waals surface area contributed by atoms with Crippen LogP contribution in [0.1, 0.15) is 22.5 Å². The molecule has 0 N–H and O–H groups in total. The third-order valence-corrected chi connectivity index (χ3v) is 3.95. The summed E-state index contributed by atoms with van der Waals surface area (Å²) >= 11 is 12.0. The number of halogens is 2. The Labute approximate surface area is 134 Å². The molecule has 1 heterocycles. The van der Waals surface area contributed by atoms with Crippen molar-refractivity contribution in [2.24, 2.45) is 0 Å². The molecule has 0 unspecified atom stereocenters. The van der Waals surface area contributed by atoms with E-state index in [1.165, 1.54) is 0 Å². The standard InChI is InChI=1S/C16H16Cl2N2O/c1-20(11-12-5-2-3-9-19-12)10-8-15(21)13-6-4-7-14(17)16(13)18/h2-7,9H,8,10-11H2,1H3. The highest BCUT2D eigenvalue weighted by molar-refractivity contribution is 6.43. The Hall–Kier alpha value is -1.42. The number of carbonyl (C=O) groups is 1. The number of Topliss-reactive ketones (excluding diaryl/α,β-unsaturated/α-hetero) is 1. The Kier molecular flexibility index (Phi) is 5.74. The zero-order valence-electron chi connectivity index (χ0n) is 11.7. The lowest BCUT2D eigenvalue weighted by molar-refractivity contribution is 0.0968. The minimum absolute atomic E-state index is 0.00429. The third kappa shape index (κ3) is 4.53. The Morgan fingerprint density at radius 1 is 1.19 bits per heavy atom.